The first-order chi connectivity index (χ1) is 12.3. The van der Waals surface area contributed by atoms with Crippen LogP contribution in [0.15, 0.2) is 84.9 Å². The smallest absolute Gasteiger partial charge is 0.130 e. The molecule has 4 rings (SSSR count). The summed E-state index contributed by atoms with van der Waals surface area (Å²) in [7, 11) is 0. The largest absolute Gasteiger partial charge is 0.489 e. The molecule has 0 amide bonds. The molecule has 1 atom stereocenters. The molecule has 0 bridgehead atoms. The monoisotopic (exact) mass is 328 g/mol. The van der Waals surface area contributed by atoms with Crippen molar-refractivity contribution in [3.8, 4) is 11.5 Å². The van der Waals surface area contributed by atoms with Gasteiger partial charge in [-0.05, 0) is 29.8 Å². The lowest BCUT2D eigenvalue weighted by molar-refractivity contribution is 0.146. The zero-order valence-electron chi connectivity index (χ0n) is 14.2. The average Bonchev–Trinajstić information content (AvgIpc) is 2.66. The van der Waals surface area contributed by atoms with Gasteiger partial charge < -0.3 is 9.47 Å². The van der Waals surface area contributed by atoms with Crippen LogP contribution in [0.1, 0.15) is 6.92 Å². The van der Waals surface area contributed by atoms with Crippen LogP contribution in [0.2, 0.25) is 0 Å². The van der Waals surface area contributed by atoms with E-state index in [9.17, 15) is 0 Å². The number of rotatable bonds is 5. The van der Waals surface area contributed by atoms with Gasteiger partial charge in [-0.2, -0.15) is 0 Å². The van der Waals surface area contributed by atoms with E-state index in [-0.39, 0.29) is 6.10 Å². The molecule has 1 unspecified atom stereocenters. The molecule has 25 heavy (non-hydrogen) atoms. The average molecular weight is 328 g/mol. The van der Waals surface area contributed by atoms with E-state index >= 15 is 0 Å². The molecule has 0 aliphatic rings. The minimum Gasteiger partial charge on any atom is -0.489 e. The van der Waals surface area contributed by atoms with E-state index in [0.29, 0.717) is 6.61 Å². The maximum atomic E-state index is 6.14. The van der Waals surface area contributed by atoms with Crippen LogP contribution < -0.4 is 9.47 Å². The minimum atomic E-state index is -0.0511. The van der Waals surface area contributed by atoms with Crippen LogP contribution in [0.5, 0.6) is 11.5 Å². The third kappa shape index (κ3) is 3.29. The SMILES string of the molecule is CC(COc1cccc2ccccc12)Oc1cccc2ccccc12. The molecule has 4 aromatic carbocycles. The van der Waals surface area contributed by atoms with Crippen molar-refractivity contribution < 1.29 is 9.47 Å². The summed E-state index contributed by atoms with van der Waals surface area (Å²) < 4.78 is 12.2. The van der Waals surface area contributed by atoms with Crippen molar-refractivity contribution in [2.45, 2.75) is 13.0 Å². The molecule has 0 heterocycles. The summed E-state index contributed by atoms with van der Waals surface area (Å²) in [6.07, 6.45) is -0.0511. The van der Waals surface area contributed by atoms with Gasteiger partial charge in [0.2, 0.25) is 0 Å². The molecule has 0 N–H and O–H groups in total. The highest BCUT2D eigenvalue weighted by Gasteiger charge is 2.09. The summed E-state index contributed by atoms with van der Waals surface area (Å²) in [6, 6.07) is 28.8. The van der Waals surface area contributed by atoms with Gasteiger partial charge in [0.1, 0.15) is 24.2 Å². The van der Waals surface area contributed by atoms with Crippen LogP contribution >= 0.6 is 0 Å². The van der Waals surface area contributed by atoms with E-state index in [1.807, 2.05) is 55.5 Å². The van der Waals surface area contributed by atoms with Gasteiger partial charge >= 0.3 is 0 Å². The Kier molecular flexibility index (Phi) is 4.26. The van der Waals surface area contributed by atoms with Crippen LogP contribution in [0.3, 0.4) is 0 Å². The Hall–Kier alpha value is -3.00. The van der Waals surface area contributed by atoms with E-state index in [1.165, 1.54) is 10.8 Å². The van der Waals surface area contributed by atoms with Crippen LogP contribution in [-0.4, -0.2) is 12.7 Å². The van der Waals surface area contributed by atoms with E-state index < -0.39 is 0 Å². The van der Waals surface area contributed by atoms with Gasteiger partial charge in [0.25, 0.3) is 0 Å². The van der Waals surface area contributed by atoms with Crippen LogP contribution in [0.4, 0.5) is 0 Å². The Morgan fingerprint density at radius 2 is 1.16 bits per heavy atom. The fourth-order valence-corrected chi connectivity index (χ4v) is 3.08. The number of benzene rings is 4. The predicted octanol–water partition coefficient (Wildman–Crippen LogP) is 5.84. The molecule has 0 saturated heterocycles. The zero-order chi connectivity index (χ0) is 17.1. The molecule has 2 nitrogen and oxygen atoms in total. The molecule has 0 fully saturated rings. The van der Waals surface area contributed by atoms with Gasteiger partial charge in [-0.25, -0.2) is 0 Å². The summed E-state index contributed by atoms with van der Waals surface area (Å²) in [5.41, 5.74) is 0. The molecular weight excluding hydrogens is 308 g/mol. The van der Waals surface area contributed by atoms with Gasteiger partial charge in [-0.3, -0.25) is 0 Å². The van der Waals surface area contributed by atoms with E-state index in [1.54, 1.807) is 0 Å². The van der Waals surface area contributed by atoms with Gasteiger partial charge in [0.05, 0.1) is 0 Å². The number of hydrogen-bond acceptors (Lipinski definition) is 2. The Labute approximate surface area is 147 Å². The molecule has 0 spiro atoms. The quantitative estimate of drug-likeness (QED) is 0.458. The minimum absolute atomic E-state index is 0.0511. The van der Waals surface area contributed by atoms with Gasteiger partial charge in [-0.15, -0.1) is 0 Å². The Bertz CT molecular complexity index is 996. The molecule has 0 radical (unpaired) electrons. The number of ether oxygens (including phenoxy) is 2. The Balaban J connectivity index is 1.49. The highest BCUT2D eigenvalue weighted by Crippen LogP contribution is 2.27. The number of fused-ring (bicyclic) bond motifs is 2. The fraction of sp³-hybridized carbons (Fsp3) is 0.130. The van der Waals surface area contributed by atoms with Crippen molar-refractivity contribution in [2.75, 3.05) is 6.61 Å². The van der Waals surface area contributed by atoms with Crippen LogP contribution in [-0.2, 0) is 0 Å². The summed E-state index contributed by atoms with van der Waals surface area (Å²) >= 11 is 0. The van der Waals surface area contributed by atoms with Gasteiger partial charge in [0, 0.05) is 10.8 Å². The van der Waals surface area contributed by atoms with Crippen LogP contribution in [0.25, 0.3) is 21.5 Å². The number of hydrogen-bond donors (Lipinski definition) is 0. The second-order valence-electron chi connectivity index (χ2n) is 6.19. The van der Waals surface area contributed by atoms with Crippen molar-refractivity contribution in [1.82, 2.24) is 0 Å². The summed E-state index contributed by atoms with van der Waals surface area (Å²) in [4.78, 5) is 0. The van der Waals surface area contributed by atoms with E-state index in [2.05, 4.69) is 36.4 Å². The highest BCUT2D eigenvalue weighted by molar-refractivity contribution is 5.89. The fourth-order valence-electron chi connectivity index (χ4n) is 3.08. The molecule has 0 aliphatic carbocycles. The first kappa shape index (κ1) is 15.5. The molecule has 0 aromatic heterocycles. The summed E-state index contributed by atoms with van der Waals surface area (Å²) in [5, 5.41) is 4.62. The summed E-state index contributed by atoms with van der Waals surface area (Å²) in [6.45, 7) is 2.53. The molecular formula is C23H20O2. The first-order valence-electron chi connectivity index (χ1n) is 8.56. The second kappa shape index (κ2) is 6.86. The maximum absolute atomic E-state index is 6.14. The predicted molar refractivity (Wildman–Crippen MR) is 103 cm³/mol. The van der Waals surface area contributed by atoms with Crippen molar-refractivity contribution in [3.05, 3.63) is 84.9 Å². The second-order valence-corrected chi connectivity index (χ2v) is 6.19. The topological polar surface area (TPSA) is 18.5 Å². The molecule has 0 saturated carbocycles. The molecule has 2 heteroatoms. The highest BCUT2D eigenvalue weighted by atomic mass is 16.5. The van der Waals surface area contributed by atoms with Gasteiger partial charge in [-0.1, -0.05) is 72.8 Å². The Morgan fingerprint density at radius 3 is 1.84 bits per heavy atom. The van der Waals surface area contributed by atoms with E-state index in [0.717, 1.165) is 22.3 Å². The molecule has 4 aromatic rings. The lowest BCUT2D eigenvalue weighted by atomic mass is 10.1. The van der Waals surface area contributed by atoms with Gasteiger partial charge in [0.15, 0.2) is 0 Å². The van der Waals surface area contributed by atoms with Crippen molar-refractivity contribution >= 4 is 21.5 Å². The van der Waals surface area contributed by atoms with Crippen molar-refractivity contribution in [3.63, 3.8) is 0 Å². The zero-order valence-corrected chi connectivity index (χ0v) is 14.2. The lowest BCUT2D eigenvalue weighted by Gasteiger charge is -2.18. The van der Waals surface area contributed by atoms with E-state index in [4.69, 9.17) is 9.47 Å². The lowest BCUT2D eigenvalue weighted by Crippen LogP contribution is -2.21. The van der Waals surface area contributed by atoms with Crippen molar-refractivity contribution in [2.24, 2.45) is 0 Å². The van der Waals surface area contributed by atoms with Crippen LogP contribution in [0, 0.1) is 0 Å². The standard InChI is InChI=1S/C23H20O2/c1-17(25-23-15-7-11-19-9-3-5-13-21(19)23)16-24-22-14-6-10-18-8-2-4-12-20(18)22/h2-15,17H,16H2,1H3. The first-order valence-corrected chi connectivity index (χ1v) is 8.56. The third-order valence-electron chi connectivity index (χ3n) is 4.30. The molecule has 0 aliphatic heterocycles. The summed E-state index contributed by atoms with van der Waals surface area (Å²) in [5.74, 6) is 1.79. The Morgan fingerprint density at radius 1 is 0.640 bits per heavy atom. The normalized spacial score (nSPS) is 12.2. The maximum Gasteiger partial charge on any atom is 0.130 e. The van der Waals surface area contributed by atoms with Crippen molar-refractivity contribution in [1.29, 1.82) is 0 Å². The third-order valence-corrected chi connectivity index (χ3v) is 4.30. The molecule has 124 valence electrons.